The van der Waals surface area contributed by atoms with E-state index in [9.17, 15) is 4.79 Å². The Hall–Kier alpha value is -1.27. The van der Waals surface area contributed by atoms with Crippen LogP contribution in [0.1, 0.15) is 12.8 Å². The van der Waals surface area contributed by atoms with Crippen LogP contribution in [-0.2, 0) is 4.79 Å². The van der Waals surface area contributed by atoms with Gasteiger partial charge in [-0.2, -0.15) is 0 Å². The van der Waals surface area contributed by atoms with Crippen LogP contribution in [0.25, 0.3) is 0 Å². The minimum Gasteiger partial charge on any atom is -0.473 e. The Bertz CT molecular complexity index is 517. The normalized spacial score (nSPS) is 22.9. The van der Waals surface area contributed by atoms with E-state index in [1.807, 2.05) is 49.0 Å². The topological polar surface area (TPSA) is 45.7 Å². The molecule has 0 bridgehead atoms. The van der Waals surface area contributed by atoms with Gasteiger partial charge in [0.2, 0.25) is 11.8 Å². The highest BCUT2D eigenvalue weighted by Crippen LogP contribution is 2.46. The lowest BCUT2D eigenvalue weighted by Crippen LogP contribution is -2.61. The fourth-order valence-electron chi connectivity index (χ4n) is 2.99. The van der Waals surface area contributed by atoms with E-state index < -0.39 is 0 Å². The first-order valence-electron chi connectivity index (χ1n) is 7.70. The van der Waals surface area contributed by atoms with Crippen LogP contribution in [0.2, 0.25) is 0 Å². The Morgan fingerprint density at radius 2 is 2.32 bits per heavy atom. The van der Waals surface area contributed by atoms with Crippen molar-refractivity contribution in [3.05, 3.63) is 24.4 Å². The van der Waals surface area contributed by atoms with Crippen molar-refractivity contribution in [1.82, 2.24) is 14.8 Å². The number of pyridine rings is 1. The number of carbonyl (C=O) groups is 1. The van der Waals surface area contributed by atoms with Crippen molar-refractivity contribution >= 4 is 17.7 Å². The summed E-state index contributed by atoms with van der Waals surface area (Å²) in [6.45, 7) is 2.55. The predicted molar refractivity (Wildman–Crippen MR) is 88.2 cm³/mol. The average Bonchev–Trinajstić information content (AvgIpc) is 2.88. The van der Waals surface area contributed by atoms with Crippen molar-refractivity contribution in [3.63, 3.8) is 0 Å². The molecule has 2 fully saturated rings. The van der Waals surface area contributed by atoms with Crippen molar-refractivity contribution in [3.8, 4) is 5.88 Å². The summed E-state index contributed by atoms with van der Waals surface area (Å²) >= 11 is 1.95. The van der Waals surface area contributed by atoms with Crippen LogP contribution in [-0.4, -0.2) is 71.0 Å². The summed E-state index contributed by atoms with van der Waals surface area (Å²) in [5.74, 6) is 1.95. The van der Waals surface area contributed by atoms with Crippen molar-refractivity contribution in [1.29, 1.82) is 0 Å². The van der Waals surface area contributed by atoms with E-state index in [0.29, 0.717) is 12.3 Å². The minimum absolute atomic E-state index is 0.207. The minimum atomic E-state index is 0.207. The first kappa shape index (κ1) is 15.6. The van der Waals surface area contributed by atoms with Gasteiger partial charge >= 0.3 is 0 Å². The predicted octanol–water partition coefficient (Wildman–Crippen LogP) is 1.50. The van der Waals surface area contributed by atoms with Gasteiger partial charge in [-0.1, -0.05) is 6.07 Å². The Labute approximate surface area is 136 Å². The molecule has 22 heavy (non-hydrogen) atoms. The summed E-state index contributed by atoms with van der Waals surface area (Å²) in [4.78, 5) is 20.3. The number of hydrogen-bond acceptors (Lipinski definition) is 5. The van der Waals surface area contributed by atoms with E-state index in [0.717, 1.165) is 31.8 Å². The lowest BCUT2D eigenvalue weighted by molar-refractivity contribution is -0.136. The van der Waals surface area contributed by atoms with E-state index in [4.69, 9.17) is 4.74 Å². The van der Waals surface area contributed by atoms with Crippen molar-refractivity contribution in [2.45, 2.75) is 23.7 Å². The molecule has 2 aliphatic heterocycles. The third-order valence-corrected chi connectivity index (χ3v) is 5.76. The van der Waals surface area contributed by atoms with E-state index in [1.54, 1.807) is 6.20 Å². The summed E-state index contributed by atoms with van der Waals surface area (Å²) in [6.07, 6.45) is 3.58. The molecule has 0 unspecified atom stereocenters. The fraction of sp³-hybridized carbons (Fsp3) is 0.625. The van der Waals surface area contributed by atoms with Gasteiger partial charge in [0.05, 0.1) is 4.75 Å². The third kappa shape index (κ3) is 3.55. The molecule has 1 amide bonds. The lowest BCUT2D eigenvalue weighted by Gasteiger charge is -2.47. The van der Waals surface area contributed by atoms with Crippen LogP contribution in [0.3, 0.4) is 0 Å². The maximum absolute atomic E-state index is 12.1. The molecule has 5 nitrogen and oxygen atoms in total. The highest BCUT2D eigenvalue weighted by molar-refractivity contribution is 8.01. The molecular weight excluding hydrogens is 298 g/mol. The van der Waals surface area contributed by atoms with Crippen LogP contribution < -0.4 is 4.74 Å². The Kier molecular flexibility index (Phi) is 4.59. The second-order valence-electron chi connectivity index (χ2n) is 6.41. The summed E-state index contributed by atoms with van der Waals surface area (Å²) in [6, 6.07) is 5.73. The van der Waals surface area contributed by atoms with Gasteiger partial charge in [0.15, 0.2) is 0 Å². The molecule has 2 saturated heterocycles. The molecule has 1 aromatic rings. The second-order valence-corrected chi connectivity index (χ2v) is 7.90. The third-order valence-electron chi connectivity index (χ3n) is 4.18. The largest absolute Gasteiger partial charge is 0.473 e. The molecule has 0 radical (unpaired) electrons. The number of likely N-dealkylation sites (tertiary alicyclic amines) is 1. The molecule has 0 aliphatic carbocycles. The molecular formula is C16H23N3O2S. The number of thioether (sulfide) groups is 1. The lowest BCUT2D eigenvalue weighted by atomic mass is 9.92. The van der Waals surface area contributed by atoms with Gasteiger partial charge < -0.3 is 14.5 Å². The van der Waals surface area contributed by atoms with Crippen LogP contribution in [0.4, 0.5) is 0 Å². The van der Waals surface area contributed by atoms with Crippen molar-refractivity contribution in [2.75, 3.05) is 39.5 Å². The molecule has 0 N–H and O–H groups in total. The maximum atomic E-state index is 12.1. The summed E-state index contributed by atoms with van der Waals surface area (Å²) in [7, 11) is 3.99. The number of rotatable bonds is 5. The van der Waals surface area contributed by atoms with E-state index in [-0.39, 0.29) is 16.8 Å². The maximum Gasteiger partial charge on any atom is 0.223 e. The molecule has 0 aromatic carbocycles. The monoisotopic (exact) mass is 321 g/mol. The van der Waals surface area contributed by atoms with E-state index >= 15 is 0 Å². The highest BCUT2D eigenvalue weighted by Gasteiger charge is 2.51. The number of nitrogens with zero attached hydrogens (tertiary/aromatic N) is 3. The molecule has 120 valence electrons. The first-order valence-corrected chi connectivity index (χ1v) is 8.69. The zero-order valence-electron chi connectivity index (χ0n) is 13.2. The van der Waals surface area contributed by atoms with Crippen LogP contribution in [0.15, 0.2) is 24.4 Å². The number of ether oxygens (including phenoxy) is 1. The quantitative estimate of drug-likeness (QED) is 0.822. The SMILES string of the molecule is CN(C)CCC(=O)N1CC2(C[C@@H](Oc3ccccn3)CS2)C1. The molecule has 6 heteroatoms. The smallest absolute Gasteiger partial charge is 0.223 e. The fourth-order valence-corrected chi connectivity index (χ4v) is 4.51. The zero-order valence-corrected chi connectivity index (χ0v) is 14.0. The van der Waals surface area contributed by atoms with Crippen LogP contribution >= 0.6 is 11.8 Å². The molecule has 3 rings (SSSR count). The molecule has 1 aromatic heterocycles. The Morgan fingerprint density at radius 1 is 1.50 bits per heavy atom. The van der Waals surface area contributed by atoms with Gasteiger partial charge in [0.25, 0.3) is 0 Å². The van der Waals surface area contributed by atoms with Crippen molar-refractivity contribution in [2.24, 2.45) is 0 Å². The number of hydrogen-bond donors (Lipinski definition) is 0. The standard InChI is InChI=1S/C16H23N3O2S/c1-18(2)8-6-15(20)19-11-16(12-19)9-13(10-22-16)21-14-5-3-4-7-17-14/h3-5,7,13H,6,8-12H2,1-2H3/t13-/m1/s1. The first-order chi connectivity index (χ1) is 10.6. The van der Waals surface area contributed by atoms with Gasteiger partial charge in [-0.15, -0.1) is 11.8 Å². The number of aromatic nitrogens is 1. The van der Waals surface area contributed by atoms with E-state index in [1.165, 1.54) is 0 Å². The van der Waals surface area contributed by atoms with Gasteiger partial charge in [0, 0.05) is 50.5 Å². The second kappa shape index (κ2) is 6.46. The average molecular weight is 321 g/mol. The molecule has 1 atom stereocenters. The van der Waals surface area contributed by atoms with E-state index in [2.05, 4.69) is 9.88 Å². The summed E-state index contributed by atoms with van der Waals surface area (Å²) < 4.78 is 6.15. The Morgan fingerprint density at radius 3 is 3.00 bits per heavy atom. The Balaban J connectivity index is 1.45. The number of amides is 1. The molecule has 1 spiro atoms. The van der Waals surface area contributed by atoms with Gasteiger partial charge in [-0.05, 0) is 20.2 Å². The number of carbonyl (C=O) groups excluding carboxylic acids is 1. The molecule has 0 saturated carbocycles. The molecule has 3 heterocycles. The van der Waals surface area contributed by atoms with Crippen LogP contribution in [0, 0.1) is 0 Å². The summed E-state index contributed by atoms with van der Waals surface area (Å²) in [5, 5.41) is 0. The van der Waals surface area contributed by atoms with Gasteiger partial charge in [-0.3, -0.25) is 4.79 Å². The van der Waals surface area contributed by atoms with Gasteiger partial charge in [-0.25, -0.2) is 4.98 Å². The molecule has 2 aliphatic rings. The zero-order chi connectivity index (χ0) is 15.6. The van der Waals surface area contributed by atoms with Gasteiger partial charge in [0.1, 0.15) is 6.10 Å². The highest BCUT2D eigenvalue weighted by atomic mass is 32.2. The summed E-state index contributed by atoms with van der Waals surface area (Å²) in [5.41, 5.74) is 0. The van der Waals surface area contributed by atoms with Crippen molar-refractivity contribution < 1.29 is 9.53 Å². The van der Waals surface area contributed by atoms with Crippen LogP contribution in [0.5, 0.6) is 5.88 Å².